The van der Waals surface area contributed by atoms with E-state index in [0.717, 1.165) is 16.7 Å². The number of amides is 3. The Morgan fingerprint density at radius 3 is 2.59 bits per heavy atom. The predicted octanol–water partition coefficient (Wildman–Crippen LogP) is -2.28. The first-order valence-corrected chi connectivity index (χ1v) is 8.89. The molecule has 12 nitrogen and oxygen atoms in total. The molecule has 2 aliphatic heterocycles. The van der Waals surface area contributed by atoms with Crippen molar-refractivity contribution in [2.45, 2.75) is 18.4 Å². The molecule has 0 radical (unpaired) electrons. The fourth-order valence-corrected chi connectivity index (χ4v) is 4.06. The standard InChI is InChI=1S/C14H21N5O7S/c1-6(20)10-11(23)19-12(26-14(24)25)7(27-13(10)19)3-16-8(21)5-17-18-9(22)4-15-2/h6,10,13,15,17,20H,3-5H2,1-2H3,(H,16,21)(H,18,22)(H,24,25)/t6-,10+,13-/m1/s1. The number of ether oxygens (including phenoxy) is 1. The third-order valence-corrected chi connectivity index (χ3v) is 5.12. The number of β-lactam (4-membered cyclic amide) rings is 1. The molecule has 0 bridgehead atoms. The molecule has 3 atom stereocenters. The predicted molar refractivity (Wildman–Crippen MR) is 92.6 cm³/mol. The number of hydrazine groups is 1. The van der Waals surface area contributed by atoms with E-state index in [-0.39, 0.29) is 31.4 Å². The maximum Gasteiger partial charge on any atom is 0.512 e. The number of hydrogen-bond donors (Lipinski definition) is 6. The lowest BCUT2D eigenvalue weighted by Crippen LogP contribution is -2.60. The third-order valence-electron chi connectivity index (χ3n) is 3.77. The number of likely N-dealkylation sites (N-methyl/N-ethyl adjacent to an activating group) is 1. The van der Waals surface area contributed by atoms with Crippen LogP contribution >= 0.6 is 11.8 Å². The van der Waals surface area contributed by atoms with Crippen molar-refractivity contribution in [3.05, 3.63) is 10.8 Å². The number of carbonyl (C=O) groups excluding carboxylic acids is 3. The van der Waals surface area contributed by atoms with Crippen LogP contribution in [0.3, 0.4) is 0 Å². The van der Waals surface area contributed by atoms with Gasteiger partial charge in [0, 0.05) is 0 Å². The van der Waals surface area contributed by atoms with Gasteiger partial charge in [-0.05, 0) is 14.0 Å². The molecule has 0 aromatic rings. The van der Waals surface area contributed by atoms with Crippen LogP contribution in [0.1, 0.15) is 6.92 Å². The SMILES string of the molecule is CNCC(=O)NNCC(=O)NCC1=C(OC(=O)O)N2C(=O)[C@H]([C@@H](C)O)[C@H]2S1. The van der Waals surface area contributed by atoms with Gasteiger partial charge in [-0.25, -0.2) is 10.2 Å². The maximum atomic E-state index is 12.1. The summed E-state index contributed by atoms with van der Waals surface area (Å²) in [7, 11) is 1.60. The van der Waals surface area contributed by atoms with Gasteiger partial charge in [-0.2, -0.15) is 0 Å². The molecule has 2 heterocycles. The number of nitrogens with zero attached hydrogens (tertiary/aromatic N) is 1. The van der Waals surface area contributed by atoms with Crippen molar-refractivity contribution in [1.82, 2.24) is 26.4 Å². The van der Waals surface area contributed by atoms with Gasteiger partial charge in [0.05, 0.1) is 36.6 Å². The fraction of sp³-hybridized carbons (Fsp3) is 0.571. The van der Waals surface area contributed by atoms with E-state index in [4.69, 9.17) is 9.84 Å². The summed E-state index contributed by atoms with van der Waals surface area (Å²) in [6.07, 6.45) is -2.48. The molecule has 0 aliphatic carbocycles. The van der Waals surface area contributed by atoms with Crippen LogP contribution in [0.2, 0.25) is 0 Å². The zero-order valence-electron chi connectivity index (χ0n) is 14.6. The highest BCUT2D eigenvalue weighted by Gasteiger charge is 2.57. The van der Waals surface area contributed by atoms with E-state index < -0.39 is 35.4 Å². The molecule has 0 aromatic carbocycles. The molecule has 1 saturated heterocycles. The summed E-state index contributed by atoms with van der Waals surface area (Å²) < 4.78 is 4.70. The highest BCUT2D eigenvalue weighted by atomic mass is 32.2. The number of aliphatic hydroxyl groups excluding tert-OH is 1. The van der Waals surface area contributed by atoms with Crippen molar-refractivity contribution < 1.29 is 34.1 Å². The number of nitrogens with one attached hydrogen (secondary N) is 4. The molecule has 0 spiro atoms. The minimum atomic E-state index is -1.59. The van der Waals surface area contributed by atoms with E-state index in [9.17, 15) is 24.3 Å². The second-order valence-corrected chi connectivity index (χ2v) is 7.00. The Morgan fingerprint density at radius 1 is 1.30 bits per heavy atom. The van der Waals surface area contributed by atoms with Crippen LogP contribution in [-0.2, 0) is 19.1 Å². The molecule has 2 rings (SSSR count). The molecule has 0 unspecified atom stereocenters. The number of fused-ring (bicyclic) bond motifs is 1. The fourth-order valence-electron chi connectivity index (χ4n) is 2.58. The summed E-state index contributed by atoms with van der Waals surface area (Å²) in [5.74, 6) is -2.07. The molecule has 0 aromatic heterocycles. The summed E-state index contributed by atoms with van der Waals surface area (Å²) in [5, 5.41) is 23.3. The van der Waals surface area contributed by atoms with Gasteiger partial charge in [0.2, 0.25) is 23.6 Å². The molecule has 1 fully saturated rings. The Balaban J connectivity index is 1.91. The van der Waals surface area contributed by atoms with Gasteiger partial charge in [0.25, 0.3) is 0 Å². The molecule has 6 N–H and O–H groups in total. The first-order valence-electron chi connectivity index (χ1n) is 8.01. The summed E-state index contributed by atoms with van der Waals surface area (Å²) in [6, 6.07) is 0. The number of rotatable bonds is 9. The largest absolute Gasteiger partial charge is 0.512 e. The van der Waals surface area contributed by atoms with Crippen LogP contribution in [-0.4, -0.2) is 77.1 Å². The van der Waals surface area contributed by atoms with E-state index in [0.29, 0.717) is 4.91 Å². The number of aliphatic hydroxyl groups is 1. The van der Waals surface area contributed by atoms with Gasteiger partial charge >= 0.3 is 6.16 Å². The number of carbonyl (C=O) groups is 4. The highest BCUT2D eigenvalue weighted by molar-refractivity contribution is 8.04. The van der Waals surface area contributed by atoms with Gasteiger partial charge < -0.3 is 25.6 Å². The van der Waals surface area contributed by atoms with E-state index in [1.807, 2.05) is 0 Å². The smallest absolute Gasteiger partial charge is 0.449 e. The van der Waals surface area contributed by atoms with Gasteiger partial charge in [-0.3, -0.25) is 24.7 Å². The number of carboxylic acid groups (broad SMARTS) is 1. The van der Waals surface area contributed by atoms with Crippen molar-refractivity contribution in [1.29, 1.82) is 0 Å². The maximum absolute atomic E-state index is 12.1. The van der Waals surface area contributed by atoms with Crippen molar-refractivity contribution in [3.63, 3.8) is 0 Å². The molecule has 2 aliphatic rings. The van der Waals surface area contributed by atoms with Crippen LogP contribution in [0.15, 0.2) is 10.8 Å². The molecule has 27 heavy (non-hydrogen) atoms. The van der Waals surface area contributed by atoms with Gasteiger partial charge in [-0.15, -0.1) is 0 Å². The summed E-state index contributed by atoms with van der Waals surface area (Å²) in [5.41, 5.74) is 4.76. The minimum absolute atomic E-state index is 0.0644. The summed E-state index contributed by atoms with van der Waals surface area (Å²) in [4.78, 5) is 47.6. The van der Waals surface area contributed by atoms with E-state index in [2.05, 4.69) is 21.5 Å². The lowest BCUT2D eigenvalue weighted by Gasteiger charge is -2.43. The Morgan fingerprint density at radius 2 is 2.00 bits per heavy atom. The Kier molecular flexibility index (Phi) is 7.01. The van der Waals surface area contributed by atoms with Gasteiger partial charge in [-0.1, -0.05) is 11.8 Å². The summed E-state index contributed by atoms with van der Waals surface area (Å²) in [6.45, 7) is 1.30. The molecule has 13 heteroatoms. The van der Waals surface area contributed by atoms with Gasteiger partial charge in [0.1, 0.15) is 5.37 Å². The zero-order chi connectivity index (χ0) is 20.1. The normalized spacial score (nSPS) is 22.0. The number of thioether (sulfide) groups is 1. The molecular formula is C14H21N5O7S. The van der Waals surface area contributed by atoms with Crippen molar-refractivity contribution in [3.8, 4) is 0 Å². The van der Waals surface area contributed by atoms with Crippen LogP contribution in [0, 0.1) is 5.92 Å². The van der Waals surface area contributed by atoms with Gasteiger partial charge in [0.15, 0.2) is 0 Å². The Labute approximate surface area is 158 Å². The first-order chi connectivity index (χ1) is 12.8. The lowest BCUT2D eigenvalue weighted by molar-refractivity contribution is -0.155. The minimum Gasteiger partial charge on any atom is -0.449 e. The monoisotopic (exact) mass is 403 g/mol. The quantitative estimate of drug-likeness (QED) is 0.140. The van der Waals surface area contributed by atoms with Crippen LogP contribution < -0.4 is 21.5 Å². The first kappa shape index (κ1) is 21.0. The molecular weight excluding hydrogens is 382 g/mol. The summed E-state index contributed by atoms with van der Waals surface area (Å²) >= 11 is 1.15. The Hall–Kier alpha value is -2.35. The van der Waals surface area contributed by atoms with Crippen LogP contribution in [0.4, 0.5) is 4.79 Å². The Bertz CT molecular complexity index is 668. The average molecular weight is 403 g/mol. The van der Waals surface area contributed by atoms with Crippen molar-refractivity contribution in [2.75, 3.05) is 26.7 Å². The molecule has 150 valence electrons. The topological polar surface area (TPSA) is 169 Å². The second kappa shape index (κ2) is 9.03. The third kappa shape index (κ3) is 4.88. The number of hydrogen-bond acceptors (Lipinski definition) is 9. The van der Waals surface area contributed by atoms with E-state index in [1.165, 1.54) is 6.92 Å². The lowest BCUT2D eigenvalue weighted by atomic mass is 9.93. The van der Waals surface area contributed by atoms with Crippen LogP contribution in [0.25, 0.3) is 0 Å². The van der Waals surface area contributed by atoms with Crippen LogP contribution in [0.5, 0.6) is 0 Å². The highest BCUT2D eigenvalue weighted by Crippen LogP contribution is 2.50. The average Bonchev–Trinajstić information content (AvgIpc) is 2.85. The molecule has 0 saturated carbocycles. The zero-order valence-corrected chi connectivity index (χ0v) is 15.5. The second-order valence-electron chi connectivity index (χ2n) is 5.79. The van der Waals surface area contributed by atoms with E-state index in [1.54, 1.807) is 7.05 Å². The molecule has 3 amide bonds. The van der Waals surface area contributed by atoms with E-state index >= 15 is 0 Å². The van der Waals surface area contributed by atoms with Crippen molar-refractivity contribution in [2.24, 2.45) is 5.92 Å². The van der Waals surface area contributed by atoms with Crippen molar-refractivity contribution >= 4 is 35.6 Å².